The van der Waals surface area contributed by atoms with Crippen LogP contribution < -0.4 is 4.90 Å². The summed E-state index contributed by atoms with van der Waals surface area (Å²) in [5.41, 5.74) is 0.926. The van der Waals surface area contributed by atoms with E-state index in [2.05, 4.69) is 47.9 Å². The fourth-order valence-electron chi connectivity index (χ4n) is 6.95. The Kier molecular flexibility index (Phi) is 5.16. The normalized spacial score (nSPS) is 35.7. The summed E-state index contributed by atoms with van der Waals surface area (Å²) in [6.07, 6.45) is 2.14. The molecule has 2 amide bonds. The molecule has 1 aromatic carbocycles. The Balaban J connectivity index is 1.17. The second-order valence-corrected chi connectivity index (χ2v) is 10.4. The number of likely N-dealkylation sites (tertiary alicyclic amines) is 1. The lowest BCUT2D eigenvalue weighted by atomic mass is 9.48. The number of fused-ring (bicyclic) bond motifs is 2. The lowest BCUT2D eigenvalue weighted by Crippen LogP contribution is -2.56. The smallest absolute Gasteiger partial charge is 0.233 e. The van der Waals surface area contributed by atoms with Crippen LogP contribution in [0.25, 0.3) is 0 Å². The molecule has 3 aliphatic carbocycles. The number of nitrogens with zero attached hydrogens (tertiary/aromatic N) is 3. The van der Waals surface area contributed by atoms with E-state index < -0.39 is 5.92 Å². The van der Waals surface area contributed by atoms with Gasteiger partial charge in [-0.2, -0.15) is 0 Å². The molecule has 5 unspecified atom stereocenters. The van der Waals surface area contributed by atoms with E-state index in [0.717, 1.165) is 45.6 Å². The van der Waals surface area contributed by atoms with Crippen LogP contribution in [0.2, 0.25) is 0 Å². The van der Waals surface area contributed by atoms with Crippen molar-refractivity contribution in [2.24, 2.45) is 29.1 Å². The summed E-state index contributed by atoms with van der Waals surface area (Å²) < 4.78 is 0. The topological polar surface area (TPSA) is 60.9 Å². The zero-order valence-electron chi connectivity index (χ0n) is 18.6. The summed E-state index contributed by atoms with van der Waals surface area (Å²) in [5.74, 6) is -0.646. The van der Waals surface area contributed by atoms with Crippen LogP contribution in [0.5, 0.6) is 0 Å². The van der Waals surface area contributed by atoms with Crippen molar-refractivity contribution in [2.45, 2.75) is 33.1 Å². The van der Waals surface area contributed by atoms with E-state index in [0.29, 0.717) is 13.0 Å². The molecule has 2 aliphatic heterocycles. The summed E-state index contributed by atoms with van der Waals surface area (Å²) in [4.78, 5) is 45.4. The first kappa shape index (κ1) is 20.7. The second-order valence-electron chi connectivity index (χ2n) is 10.4. The standard InChI is InChI=1S/C25H33N3O3/c1-17-15-25(2)16-19(29)20(17)21-22(25)24(31)28(23(21)30)10-6-9-26-11-13-27(14-12-26)18-7-4-3-5-8-18/h3-5,7-8,17,20-22H,6,9-16H2,1-2H3. The third-order valence-corrected chi connectivity index (χ3v) is 8.28. The maximum atomic E-state index is 13.2. The van der Waals surface area contributed by atoms with Gasteiger partial charge in [0.05, 0.1) is 11.8 Å². The summed E-state index contributed by atoms with van der Waals surface area (Å²) in [7, 11) is 0. The van der Waals surface area contributed by atoms with Crippen LogP contribution in [0.15, 0.2) is 30.3 Å². The van der Waals surface area contributed by atoms with Crippen molar-refractivity contribution in [2.75, 3.05) is 44.2 Å². The van der Waals surface area contributed by atoms with Crippen LogP contribution in [0.1, 0.15) is 33.1 Å². The number of rotatable bonds is 5. The highest BCUT2D eigenvalue weighted by Crippen LogP contribution is 2.60. The highest BCUT2D eigenvalue weighted by molar-refractivity contribution is 6.09. The fraction of sp³-hybridized carbons (Fsp3) is 0.640. The van der Waals surface area contributed by atoms with Crippen molar-refractivity contribution < 1.29 is 14.4 Å². The minimum absolute atomic E-state index is 0.0178. The van der Waals surface area contributed by atoms with E-state index in [4.69, 9.17) is 0 Å². The molecule has 0 radical (unpaired) electrons. The molecule has 3 saturated carbocycles. The van der Waals surface area contributed by atoms with Gasteiger partial charge in [0.15, 0.2) is 0 Å². The number of amides is 2. The van der Waals surface area contributed by atoms with Gasteiger partial charge in [0.1, 0.15) is 5.78 Å². The van der Waals surface area contributed by atoms with Gasteiger partial charge in [-0.1, -0.05) is 32.0 Å². The van der Waals surface area contributed by atoms with E-state index in [9.17, 15) is 14.4 Å². The molecular formula is C25H33N3O3. The SMILES string of the molecule is CC1CC2(C)CC(=O)C1C1C(=O)N(CCCN3CCN(c4ccccc4)CC3)C(=O)C12. The van der Waals surface area contributed by atoms with Gasteiger partial charge in [-0.05, 0) is 42.9 Å². The van der Waals surface area contributed by atoms with Crippen molar-refractivity contribution >= 4 is 23.3 Å². The Morgan fingerprint density at radius 3 is 2.32 bits per heavy atom. The van der Waals surface area contributed by atoms with Crippen LogP contribution >= 0.6 is 0 Å². The summed E-state index contributed by atoms with van der Waals surface area (Å²) >= 11 is 0. The molecule has 2 bridgehead atoms. The Labute approximate surface area is 184 Å². The van der Waals surface area contributed by atoms with E-state index in [1.807, 2.05) is 6.07 Å². The number of ketones is 1. The lowest BCUT2D eigenvalue weighted by Gasteiger charge is -2.52. The summed E-state index contributed by atoms with van der Waals surface area (Å²) in [6.45, 7) is 9.48. The van der Waals surface area contributed by atoms with Gasteiger partial charge in [0.25, 0.3) is 0 Å². The number of piperazine rings is 1. The number of para-hydroxylation sites is 1. The molecule has 166 valence electrons. The Morgan fingerprint density at radius 2 is 1.65 bits per heavy atom. The van der Waals surface area contributed by atoms with Crippen LogP contribution in [0, 0.1) is 29.1 Å². The molecule has 1 aromatic rings. The molecule has 0 spiro atoms. The first-order chi connectivity index (χ1) is 14.9. The Hall–Kier alpha value is -2.21. The van der Waals surface area contributed by atoms with Crippen molar-refractivity contribution in [1.29, 1.82) is 0 Å². The first-order valence-corrected chi connectivity index (χ1v) is 11.8. The monoisotopic (exact) mass is 423 g/mol. The van der Waals surface area contributed by atoms with E-state index in [1.165, 1.54) is 10.6 Å². The largest absolute Gasteiger partial charge is 0.369 e. The maximum absolute atomic E-state index is 13.2. The van der Waals surface area contributed by atoms with Crippen molar-refractivity contribution in [3.63, 3.8) is 0 Å². The molecule has 31 heavy (non-hydrogen) atoms. The number of anilines is 1. The van der Waals surface area contributed by atoms with Gasteiger partial charge >= 0.3 is 0 Å². The average Bonchev–Trinajstić information content (AvgIpc) is 3.00. The predicted molar refractivity (Wildman–Crippen MR) is 118 cm³/mol. The number of hydrogen-bond donors (Lipinski definition) is 0. The van der Waals surface area contributed by atoms with E-state index in [-0.39, 0.29) is 40.8 Å². The van der Waals surface area contributed by atoms with Gasteiger partial charge in [0, 0.05) is 50.7 Å². The average molecular weight is 424 g/mol. The number of carbonyl (C=O) groups is 3. The van der Waals surface area contributed by atoms with E-state index >= 15 is 0 Å². The van der Waals surface area contributed by atoms with Crippen LogP contribution in [-0.4, -0.2) is 66.7 Å². The van der Waals surface area contributed by atoms with Gasteiger partial charge < -0.3 is 4.90 Å². The minimum atomic E-state index is -0.406. The number of benzene rings is 1. The van der Waals surface area contributed by atoms with Gasteiger partial charge in [-0.15, -0.1) is 0 Å². The molecule has 0 aromatic heterocycles. The van der Waals surface area contributed by atoms with Gasteiger partial charge in [-0.3, -0.25) is 24.2 Å². The van der Waals surface area contributed by atoms with Crippen LogP contribution in [0.3, 0.4) is 0 Å². The molecule has 0 N–H and O–H groups in total. The number of imide groups is 1. The molecule has 5 aliphatic rings. The zero-order chi connectivity index (χ0) is 21.8. The summed E-state index contributed by atoms with van der Waals surface area (Å²) in [6, 6.07) is 10.5. The number of carbonyl (C=O) groups excluding carboxylic acids is 3. The number of hydrogen-bond acceptors (Lipinski definition) is 5. The van der Waals surface area contributed by atoms with Crippen molar-refractivity contribution in [1.82, 2.24) is 9.80 Å². The molecular weight excluding hydrogens is 390 g/mol. The lowest BCUT2D eigenvalue weighted by molar-refractivity contribution is -0.157. The highest BCUT2D eigenvalue weighted by Gasteiger charge is 2.66. The molecule has 5 fully saturated rings. The second kappa shape index (κ2) is 7.73. The molecule has 2 saturated heterocycles. The summed E-state index contributed by atoms with van der Waals surface area (Å²) in [5, 5.41) is 0. The minimum Gasteiger partial charge on any atom is -0.369 e. The van der Waals surface area contributed by atoms with Gasteiger partial charge in [-0.25, -0.2) is 0 Å². The van der Waals surface area contributed by atoms with Gasteiger partial charge in [0.2, 0.25) is 11.8 Å². The van der Waals surface area contributed by atoms with E-state index in [1.54, 1.807) is 0 Å². The predicted octanol–water partition coefficient (Wildman–Crippen LogP) is 2.44. The molecule has 6 nitrogen and oxygen atoms in total. The molecule has 2 heterocycles. The number of Topliss-reactive ketones (excluding diaryl/α,β-unsaturated/α-hetero) is 1. The Bertz CT molecular complexity index is 879. The zero-order valence-corrected chi connectivity index (χ0v) is 18.6. The van der Waals surface area contributed by atoms with Crippen LogP contribution in [0.4, 0.5) is 5.69 Å². The molecule has 6 heteroatoms. The maximum Gasteiger partial charge on any atom is 0.233 e. The highest BCUT2D eigenvalue weighted by atomic mass is 16.2. The molecule has 5 atom stereocenters. The third-order valence-electron chi connectivity index (χ3n) is 8.28. The fourth-order valence-corrected chi connectivity index (χ4v) is 6.95. The van der Waals surface area contributed by atoms with Crippen LogP contribution in [-0.2, 0) is 14.4 Å². The quantitative estimate of drug-likeness (QED) is 0.681. The first-order valence-electron chi connectivity index (χ1n) is 11.8. The Morgan fingerprint density at radius 1 is 0.935 bits per heavy atom. The molecule has 6 rings (SSSR count). The van der Waals surface area contributed by atoms with Crippen molar-refractivity contribution in [3.8, 4) is 0 Å². The third kappa shape index (κ3) is 3.39. The van der Waals surface area contributed by atoms with Crippen molar-refractivity contribution in [3.05, 3.63) is 30.3 Å².